The van der Waals surface area contributed by atoms with Gasteiger partial charge in [0.25, 0.3) is 0 Å². The van der Waals surface area contributed by atoms with Crippen LogP contribution >= 0.6 is 0 Å². The molecule has 1 atom stereocenters. The van der Waals surface area contributed by atoms with E-state index in [1.54, 1.807) is 13.8 Å². The number of esters is 1. The molecule has 1 aliphatic rings. The average molecular weight is 314 g/mol. The SMILES string of the molecule is C=CC(=O)OCC1(CC)COC(C(C)(C)OC(O)C=C)OC1. The fourth-order valence-electron chi connectivity index (χ4n) is 2.08. The van der Waals surface area contributed by atoms with E-state index in [0.717, 1.165) is 12.5 Å². The monoisotopic (exact) mass is 314 g/mol. The lowest BCUT2D eigenvalue weighted by Crippen LogP contribution is -2.53. The Labute approximate surface area is 131 Å². The fourth-order valence-corrected chi connectivity index (χ4v) is 2.08. The minimum absolute atomic E-state index is 0.206. The molecular weight excluding hydrogens is 288 g/mol. The zero-order valence-electron chi connectivity index (χ0n) is 13.5. The summed E-state index contributed by atoms with van der Waals surface area (Å²) in [7, 11) is 0. The van der Waals surface area contributed by atoms with Gasteiger partial charge in [-0.15, -0.1) is 0 Å². The van der Waals surface area contributed by atoms with Crippen molar-refractivity contribution in [1.29, 1.82) is 0 Å². The summed E-state index contributed by atoms with van der Waals surface area (Å²) in [4.78, 5) is 11.2. The van der Waals surface area contributed by atoms with E-state index in [1.165, 1.54) is 6.08 Å². The first-order valence-electron chi connectivity index (χ1n) is 7.29. The van der Waals surface area contributed by atoms with Crippen molar-refractivity contribution in [1.82, 2.24) is 0 Å². The quantitative estimate of drug-likeness (QED) is 0.319. The van der Waals surface area contributed by atoms with Crippen LogP contribution in [0.3, 0.4) is 0 Å². The van der Waals surface area contributed by atoms with Crippen LogP contribution in [0, 0.1) is 5.41 Å². The van der Waals surface area contributed by atoms with Gasteiger partial charge in [0.2, 0.25) is 0 Å². The molecule has 126 valence electrons. The average Bonchev–Trinajstić information content (AvgIpc) is 2.52. The maximum absolute atomic E-state index is 11.2. The van der Waals surface area contributed by atoms with Crippen molar-refractivity contribution in [2.24, 2.45) is 5.41 Å². The molecule has 1 heterocycles. The molecule has 0 bridgehead atoms. The Hall–Kier alpha value is -1.21. The number of carbonyl (C=O) groups excluding carboxylic acids is 1. The number of ether oxygens (including phenoxy) is 4. The molecule has 0 aliphatic carbocycles. The maximum atomic E-state index is 11.2. The fraction of sp³-hybridized carbons (Fsp3) is 0.688. The molecule has 6 nitrogen and oxygen atoms in total. The van der Waals surface area contributed by atoms with Gasteiger partial charge < -0.3 is 24.1 Å². The van der Waals surface area contributed by atoms with Gasteiger partial charge in [0, 0.05) is 6.08 Å². The molecule has 6 heteroatoms. The highest BCUT2D eigenvalue weighted by Gasteiger charge is 2.43. The Kier molecular flexibility index (Phi) is 6.74. The van der Waals surface area contributed by atoms with Crippen LogP contribution in [0.5, 0.6) is 0 Å². The van der Waals surface area contributed by atoms with E-state index >= 15 is 0 Å². The van der Waals surface area contributed by atoms with Gasteiger partial charge in [-0.3, -0.25) is 0 Å². The summed E-state index contributed by atoms with van der Waals surface area (Å²) in [5.41, 5.74) is -1.23. The van der Waals surface area contributed by atoms with Crippen LogP contribution in [-0.4, -0.2) is 49.1 Å². The predicted molar refractivity (Wildman–Crippen MR) is 80.9 cm³/mol. The third-order valence-electron chi connectivity index (χ3n) is 3.71. The molecule has 1 fully saturated rings. The first-order chi connectivity index (χ1) is 10.3. The molecule has 0 spiro atoms. The Balaban J connectivity index is 2.60. The van der Waals surface area contributed by atoms with Crippen molar-refractivity contribution in [3.63, 3.8) is 0 Å². The van der Waals surface area contributed by atoms with Gasteiger partial charge in [0.15, 0.2) is 12.6 Å². The number of rotatable bonds is 8. The molecule has 1 rings (SSSR count). The van der Waals surface area contributed by atoms with E-state index in [0.29, 0.717) is 13.2 Å². The first kappa shape index (κ1) is 18.8. The van der Waals surface area contributed by atoms with Gasteiger partial charge in [0.05, 0.1) is 18.6 Å². The van der Waals surface area contributed by atoms with E-state index in [9.17, 15) is 9.90 Å². The topological polar surface area (TPSA) is 74.2 Å². The highest BCUT2D eigenvalue weighted by molar-refractivity contribution is 5.81. The minimum atomic E-state index is -1.09. The Bertz CT molecular complexity index is 395. The van der Waals surface area contributed by atoms with Crippen molar-refractivity contribution in [2.45, 2.75) is 45.4 Å². The third-order valence-corrected chi connectivity index (χ3v) is 3.71. The highest BCUT2D eigenvalue weighted by atomic mass is 16.7. The molecule has 22 heavy (non-hydrogen) atoms. The van der Waals surface area contributed by atoms with Crippen molar-refractivity contribution in [3.05, 3.63) is 25.3 Å². The standard InChI is InChI=1S/C16H26O6/c1-6-12(17)19-9-16(8-3)10-20-14(21-11-16)15(4,5)22-13(18)7-2/h6-7,13-14,18H,1-2,8-11H2,3-5H3. The van der Waals surface area contributed by atoms with Gasteiger partial charge in [-0.25, -0.2) is 4.79 Å². The lowest BCUT2D eigenvalue weighted by Gasteiger charge is -2.44. The van der Waals surface area contributed by atoms with Gasteiger partial charge in [0.1, 0.15) is 12.2 Å². The lowest BCUT2D eigenvalue weighted by molar-refractivity contribution is -0.316. The normalized spacial score (nSPS) is 27.0. The molecule has 1 saturated heterocycles. The molecule has 0 aromatic carbocycles. The van der Waals surface area contributed by atoms with Crippen molar-refractivity contribution >= 4 is 5.97 Å². The highest BCUT2D eigenvalue weighted by Crippen LogP contribution is 2.33. The van der Waals surface area contributed by atoms with E-state index in [4.69, 9.17) is 18.9 Å². The second-order valence-electron chi connectivity index (χ2n) is 5.97. The van der Waals surface area contributed by atoms with Crippen molar-refractivity contribution in [3.8, 4) is 0 Å². The summed E-state index contributed by atoms with van der Waals surface area (Å²) in [5.74, 6) is -0.465. The van der Waals surface area contributed by atoms with Crippen LogP contribution in [-0.2, 0) is 23.7 Å². The van der Waals surface area contributed by atoms with Gasteiger partial charge in [-0.2, -0.15) is 0 Å². The first-order valence-corrected chi connectivity index (χ1v) is 7.29. The van der Waals surface area contributed by atoms with Gasteiger partial charge in [-0.1, -0.05) is 20.1 Å². The second-order valence-corrected chi connectivity index (χ2v) is 5.97. The number of hydrogen-bond donors (Lipinski definition) is 1. The predicted octanol–water partition coefficient (Wildman–Crippen LogP) is 1.78. The third kappa shape index (κ3) is 4.91. The summed E-state index contributed by atoms with van der Waals surface area (Å²) >= 11 is 0. The zero-order valence-corrected chi connectivity index (χ0v) is 13.5. The molecule has 1 unspecified atom stereocenters. The summed E-state index contributed by atoms with van der Waals surface area (Å²) < 4.78 is 22.1. The molecule has 0 aromatic heterocycles. The Morgan fingerprint density at radius 2 is 2.05 bits per heavy atom. The van der Waals surface area contributed by atoms with Crippen LogP contribution in [0.25, 0.3) is 0 Å². The Morgan fingerprint density at radius 1 is 1.45 bits per heavy atom. The summed E-state index contributed by atoms with van der Waals surface area (Å²) in [5, 5.41) is 9.53. The number of aliphatic hydroxyl groups is 1. The van der Waals surface area contributed by atoms with Crippen LogP contribution in [0.15, 0.2) is 25.3 Å². The largest absolute Gasteiger partial charge is 0.462 e. The molecule has 0 saturated carbocycles. The van der Waals surface area contributed by atoms with Gasteiger partial charge >= 0.3 is 5.97 Å². The number of aliphatic hydroxyl groups excluding tert-OH is 1. The maximum Gasteiger partial charge on any atom is 0.330 e. The Morgan fingerprint density at radius 3 is 2.50 bits per heavy atom. The molecule has 0 radical (unpaired) electrons. The molecule has 1 aliphatic heterocycles. The summed E-state index contributed by atoms with van der Waals surface area (Å²) in [6.45, 7) is 13.3. The second kappa shape index (κ2) is 7.87. The van der Waals surface area contributed by atoms with Crippen molar-refractivity contribution in [2.75, 3.05) is 19.8 Å². The molecule has 0 amide bonds. The van der Waals surface area contributed by atoms with Gasteiger partial charge in [-0.05, 0) is 26.3 Å². The van der Waals surface area contributed by atoms with E-state index in [-0.39, 0.29) is 12.0 Å². The van der Waals surface area contributed by atoms with E-state index in [1.807, 2.05) is 6.92 Å². The van der Waals surface area contributed by atoms with Crippen LogP contribution in [0.4, 0.5) is 0 Å². The molecular formula is C16H26O6. The van der Waals surface area contributed by atoms with Crippen LogP contribution < -0.4 is 0 Å². The molecule has 0 aromatic rings. The lowest BCUT2D eigenvalue weighted by atomic mass is 9.87. The van der Waals surface area contributed by atoms with Crippen molar-refractivity contribution < 1.29 is 28.8 Å². The number of hydrogen-bond acceptors (Lipinski definition) is 6. The van der Waals surface area contributed by atoms with E-state index in [2.05, 4.69) is 13.2 Å². The minimum Gasteiger partial charge on any atom is -0.462 e. The van der Waals surface area contributed by atoms with Crippen LogP contribution in [0.2, 0.25) is 0 Å². The molecule has 1 N–H and O–H groups in total. The van der Waals surface area contributed by atoms with Crippen LogP contribution in [0.1, 0.15) is 27.2 Å². The van der Waals surface area contributed by atoms with E-state index < -0.39 is 24.2 Å². The zero-order chi connectivity index (χ0) is 16.8. The number of carbonyl (C=O) groups is 1. The summed E-state index contributed by atoms with van der Waals surface area (Å²) in [6, 6.07) is 0. The summed E-state index contributed by atoms with van der Waals surface area (Å²) in [6.07, 6.45) is 1.44. The smallest absolute Gasteiger partial charge is 0.330 e.